The summed E-state index contributed by atoms with van der Waals surface area (Å²) in [6.07, 6.45) is 2.37. The first kappa shape index (κ1) is 11.9. The molecule has 1 aliphatic heterocycles. The zero-order valence-corrected chi connectivity index (χ0v) is 10.7. The summed E-state index contributed by atoms with van der Waals surface area (Å²) in [5.74, 6) is 2.40. The van der Waals surface area contributed by atoms with Crippen molar-refractivity contribution >= 4 is 17.8 Å². The number of hydrogen-bond donors (Lipinski definition) is 1. The van der Waals surface area contributed by atoms with Gasteiger partial charge in [-0.25, -0.2) is 0 Å². The molecule has 1 fully saturated rings. The maximum absolute atomic E-state index is 5.72. The topological polar surface area (TPSA) is 71.2 Å². The first-order chi connectivity index (χ1) is 8.06. The number of aromatic nitrogens is 3. The molecule has 0 unspecified atom stereocenters. The van der Waals surface area contributed by atoms with E-state index in [1.54, 1.807) is 0 Å². The lowest BCUT2D eigenvalue weighted by molar-refractivity contribution is 0.434. The zero-order chi connectivity index (χ0) is 12.4. The van der Waals surface area contributed by atoms with E-state index in [0.29, 0.717) is 11.9 Å². The average Bonchev–Trinajstić information content (AvgIpc) is 2.29. The molecule has 17 heavy (non-hydrogen) atoms. The van der Waals surface area contributed by atoms with Crippen LogP contribution in [0.25, 0.3) is 0 Å². The minimum absolute atomic E-state index is 0.289. The number of piperidine rings is 1. The summed E-state index contributed by atoms with van der Waals surface area (Å²) >= 11 is 0. The monoisotopic (exact) mass is 236 g/mol. The largest absolute Gasteiger partial charge is 0.368 e. The normalized spacial score (nSPS) is 17.2. The molecule has 0 atom stereocenters. The number of rotatable bonds is 2. The van der Waals surface area contributed by atoms with E-state index in [1.165, 1.54) is 12.8 Å². The predicted octanol–water partition coefficient (Wildman–Crippen LogP) is 0.756. The molecule has 2 N–H and O–H groups in total. The average molecular weight is 236 g/mol. The third-order valence-electron chi connectivity index (χ3n) is 3.10. The van der Waals surface area contributed by atoms with Crippen molar-refractivity contribution in [1.82, 2.24) is 15.0 Å². The Labute approximate surface area is 102 Å². The third-order valence-corrected chi connectivity index (χ3v) is 3.10. The van der Waals surface area contributed by atoms with Gasteiger partial charge in [0.15, 0.2) is 0 Å². The second-order valence-electron chi connectivity index (χ2n) is 4.86. The van der Waals surface area contributed by atoms with Crippen LogP contribution in [0.4, 0.5) is 17.8 Å². The summed E-state index contributed by atoms with van der Waals surface area (Å²) in [5.41, 5.74) is 5.72. The summed E-state index contributed by atoms with van der Waals surface area (Å²) in [6, 6.07) is 0. The Morgan fingerprint density at radius 1 is 1.18 bits per heavy atom. The van der Waals surface area contributed by atoms with Crippen LogP contribution < -0.4 is 15.5 Å². The number of nitrogens with zero attached hydrogens (tertiary/aromatic N) is 5. The summed E-state index contributed by atoms with van der Waals surface area (Å²) in [5, 5.41) is 0. The third kappa shape index (κ3) is 2.75. The van der Waals surface area contributed by atoms with E-state index in [9.17, 15) is 0 Å². The lowest BCUT2D eigenvalue weighted by Crippen LogP contribution is -2.34. The zero-order valence-electron chi connectivity index (χ0n) is 10.7. The van der Waals surface area contributed by atoms with E-state index in [-0.39, 0.29) is 5.95 Å². The van der Waals surface area contributed by atoms with Crippen molar-refractivity contribution in [2.75, 3.05) is 42.7 Å². The molecule has 0 radical (unpaired) electrons. The first-order valence-electron chi connectivity index (χ1n) is 6.00. The van der Waals surface area contributed by atoms with E-state index in [2.05, 4.69) is 26.8 Å². The van der Waals surface area contributed by atoms with E-state index < -0.39 is 0 Å². The molecule has 0 amide bonds. The van der Waals surface area contributed by atoms with Crippen LogP contribution in [-0.2, 0) is 0 Å². The van der Waals surface area contributed by atoms with Gasteiger partial charge in [0.1, 0.15) is 0 Å². The fourth-order valence-corrected chi connectivity index (χ4v) is 1.92. The van der Waals surface area contributed by atoms with Crippen LogP contribution >= 0.6 is 0 Å². The minimum atomic E-state index is 0.289. The fourth-order valence-electron chi connectivity index (χ4n) is 1.92. The van der Waals surface area contributed by atoms with Crippen LogP contribution in [0.2, 0.25) is 0 Å². The molecule has 0 aliphatic carbocycles. The van der Waals surface area contributed by atoms with Crippen molar-refractivity contribution in [3.05, 3.63) is 0 Å². The van der Waals surface area contributed by atoms with Crippen LogP contribution in [0, 0.1) is 5.92 Å². The molecule has 1 aliphatic rings. The van der Waals surface area contributed by atoms with Crippen LogP contribution in [0.1, 0.15) is 19.8 Å². The SMILES string of the molecule is CC1CCN(c2nc(N)nc(N(C)C)n2)CC1. The number of anilines is 3. The molecule has 1 saturated heterocycles. The second kappa shape index (κ2) is 4.73. The van der Waals surface area contributed by atoms with Gasteiger partial charge in [0.05, 0.1) is 0 Å². The van der Waals surface area contributed by atoms with Gasteiger partial charge in [0.25, 0.3) is 0 Å². The fraction of sp³-hybridized carbons (Fsp3) is 0.727. The van der Waals surface area contributed by atoms with Crippen molar-refractivity contribution in [2.24, 2.45) is 5.92 Å². The van der Waals surface area contributed by atoms with E-state index in [4.69, 9.17) is 5.73 Å². The number of hydrogen-bond acceptors (Lipinski definition) is 6. The molecule has 2 heterocycles. The Balaban J connectivity index is 2.20. The lowest BCUT2D eigenvalue weighted by Gasteiger charge is -2.30. The highest BCUT2D eigenvalue weighted by Crippen LogP contribution is 2.21. The maximum Gasteiger partial charge on any atom is 0.231 e. The van der Waals surface area contributed by atoms with Gasteiger partial charge in [0, 0.05) is 27.2 Å². The van der Waals surface area contributed by atoms with Gasteiger partial charge >= 0.3 is 0 Å². The quantitative estimate of drug-likeness (QED) is 0.817. The molecule has 1 aromatic rings. The Hall–Kier alpha value is -1.59. The van der Waals surface area contributed by atoms with Gasteiger partial charge < -0.3 is 15.5 Å². The van der Waals surface area contributed by atoms with Crippen molar-refractivity contribution in [3.8, 4) is 0 Å². The number of nitrogen functional groups attached to an aromatic ring is 1. The molecule has 0 saturated carbocycles. The predicted molar refractivity (Wildman–Crippen MR) is 69.2 cm³/mol. The lowest BCUT2D eigenvalue weighted by atomic mass is 10.00. The summed E-state index contributed by atoms with van der Waals surface area (Å²) < 4.78 is 0. The van der Waals surface area contributed by atoms with Crippen LogP contribution in [0.3, 0.4) is 0 Å². The summed E-state index contributed by atoms with van der Waals surface area (Å²) in [7, 11) is 3.80. The Kier molecular flexibility index (Phi) is 3.31. The first-order valence-corrected chi connectivity index (χ1v) is 6.00. The highest BCUT2D eigenvalue weighted by Gasteiger charge is 2.19. The highest BCUT2D eigenvalue weighted by molar-refractivity contribution is 5.42. The smallest absolute Gasteiger partial charge is 0.231 e. The molecule has 6 heteroatoms. The van der Waals surface area contributed by atoms with Crippen molar-refractivity contribution < 1.29 is 0 Å². The Bertz CT molecular complexity index is 384. The van der Waals surface area contributed by atoms with Gasteiger partial charge in [-0.15, -0.1) is 0 Å². The van der Waals surface area contributed by atoms with Gasteiger partial charge in [-0.3, -0.25) is 0 Å². The van der Waals surface area contributed by atoms with Crippen molar-refractivity contribution in [2.45, 2.75) is 19.8 Å². The molecule has 0 bridgehead atoms. The molecule has 94 valence electrons. The molecule has 6 nitrogen and oxygen atoms in total. The van der Waals surface area contributed by atoms with Gasteiger partial charge in [0.2, 0.25) is 17.8 Å². The summed E-state index contributed by atoms with van der Waals surface area (Å²) in [4.78, 5) is 16.8. The summed E-state index contributed by atoms with van der Waals surface area (Å²) in [6.45, 7) is 4.28. The second-order valence-corrected chi connectivity index (χ2v) is 4.86. The molecule has 2 rings (SSSR count). The van der Waals surface area contributed by atoms with E-state index in [0.717, 1.165) is 19.0 Å². The molecular formula is C11H20N6. The van der Waals surface area contributed by atoms with Gasteiger partial charge in [-0.1, -0.05) is 6.92 Å². The van der Waals surface area contributed by atoms with Crippen molar-refractivity contribution in [3.63, 3.8) is 0 Å². The van der Waals surface area contributed by atoms with Crippen LogP contribution in [0.5, 0.6) is 0 Å². The Morgan fingerprint density at radius 2 is 1.82 bits per heavy atom. The molecular weight excluding hydrogens is 216 g/mol. The van der Waals surface area contributed by atoms with Crippen LogP contribution in [0.15, 0.2) is 0 Å². The van der Waals surface area contributed by atoms with Gasteiger partial charge in [-0.05, 0) is 18.8 Å². The Morgan fingerprint density at radius 3 is 2.41 bits per heavy atom. The standard InChI is InChI=1S/C11H20N6/c1-8-4-6-17(7-5-8)11-14-9(12)13-10(15-11)16(2)3/h8H,4-7H2,1-3H3,(H2,12,13,14,15). The van der Waals surface area contributed by atoms with Gasteiger partial charge in [-0.2, -0.15) is 15.0 Å². The molecule has 0 spiro atoms. The number of nitrogens with two attached hydrogens (primary N) is 1. The molecule has 0 aromatic carbocycles. The van der Waals surface area contributed by atoms with E-state index >= 15 is 0 Å². The minimum Gasteiger partial charge on any atom is -0.368 e. The highest BCUT2D eigenvalue weighted by atomic mass is 15.3. The van der Waals surface area contributed by atoms with E-state index in [1.807, 2.05) is 19.0 Å². The molecule has 1 aromatic heterocycles. The van der Waals surface area contributed by atoms with Crippen molar-refractivity contribution in [1.29, 1.82) is 0 Å². The van der Waals surface area contributed by atoms with Crippen LogP contribution in [-0.4, -0.2) is 42.1 Å². The maximum atomic E-state index is 5.72.